The van der Waals surface area contributed by atoms with Gasteiger partial charge in [-0.1, -0.05) is 0 Å². The number of halogens is 1. The molecule has 29 heavy (non-hydrogen) atoms. The molecule has 2 amide bonds. The van der Waals surface area contributed by atoms with Crippen molar-refractivity contribution in [3.05, 3.63) is 47.5 Å². The fourth-order valence-electron chi connectivity index (χ4n) is 3.25. The van der Waals surface area contributed by atoms with Crippen molar-refractivity contribution in [1.82, 2.24) is 9.97 Å². The highest BCUT2D eigenvalue weighted by Crippen LogP contribution is 2.33. The Morgan fingerprint density at radius 1 is 1.10 bits per heavy atom. The Hall–Kier alpha value is -3.55. The number of hydrogen-bond donors (Lipinski definition) is 3. The molecule has 4 rings (SSSR count). The van der Waals surface area contributed by atoms with Gasteiger partial charge in [-0.25, -0.2) is 14.2 Å². The third kappa shape index (κ3) is 3.87. The van der Waals surface area contributed by atoms with Crippen molar-refractivity contribution in [3.8, 4) is 11.1 Å². The molecule has 0 unspecified atom stereocenters. The van der Waals surface area contributed by atoms with Crippen LogP contribution >= 0.6 is 0 Å². The van der Waals surface area contributed by atoms with E-state index in [0.717, 1.165) is 23.8 Å². The molecule has 1 aliphatic carbocycles. The van der Waals surface area contributed by atoms with Crippen molar-refractivity contribution in [2.45, 2.75) is 26.7 Å². The van der Waals surface area contributed by atoms with Gasteiger partial charge in [-0.15, -0.1) is 0 Å². The molecule has 0 saturated heterocycles. The molecule has 8 heteroatoms. The number of hydrogen-bond acceptors (Lipinski definition) is 4. The second-order valence-corrected chi connectivity index (χ2v) is 7.22. The normalized spacial score (nSPS) is 13.3. The molecule has 3 N–H and O–H groups in total. The van der Waals surface area contributed by atoms with Crippen LogP contribution in [0.4, 0.5) is 20.7 Å². The zero-order valence-corrected chi connectivity index (χ0v) is 15.9. The van der Waals surface area contributed by atoms with Gasteiger partial charge in [0.1, 0.15) is 11.6 Å². The highest BCUT2D eigenvalue weighted by atomic mass is 19.1. The predicted molar refractivity (Wildman–Crippen MR) is 107 cm³/mol. The highest BCUT2D eigenvalue weighted by molar-refractivity contribution is 5.95. The Labute approximate surface area is 166 Å². The second-order valence-electron chi connectivity index (χ2n) is 7.22. The van der Waals surface area contributed by atoms with Crippen LogP contribution in [0.5, 0.6) is 0 Å². The van der Waals surface area contributed by atoms with E-state index in [-0.39, 0.29) is 17.5 Å². The van der Waals surface area contributed by atoms with Gasteiger partial charge >= 0.3 is 6.09 Å². The van der Waals surface area contributed by atoms with E-state index in [9.17, 15) is 14.0 Å². The molecule has 7 nitrogen and oxygen atoms in total. The molecule has 1 aliphatic rings. The molecule has 0 spiro atoms. The number of anilines is 2. The molecule has 0 atom stereocenters. The molecule has 2 heterocycles. The lowest BCUT2D eigenvalue weighted by Crippen LogP contribution is -2.14. The van der Waals surface area contributed by atoms with Crippen molar-refractivity contribution in [3.63, 3.8) is 0 Å². The van der Waals surface area contributed by atoms with Gasteiger partial charge in [0.05, 0.1) is 11.2 Å². The zero-order valence-electron chi connectivity index (χ0n) is 15.9. The molecule has 0 aliphatic heterocycles. The van der Waals surface area contributed by atoms with E-state index in [1.54, 1.807) is 19.2 Å². The fourth-order valence-corrected chi connectivity index (χ4v) is 3.25. The van der Waals surface area contributed by atoms with Crippen molar-refractivity contribution < 1.29 is 19.1 Å². The SMILES string of the molecule is Cc1cc(F)c(NC(=O)O)cc1-c1cc2cnc(NC(=O)C3CC3)cc2nc1C. The summed E-state index contributed by atoms with van der Waals surface area (Å²) in [5.74, 6) is -0.122. The first-order valence-electron chi connectivity index (χ1n) is 9.20. The summed E-state index contributed by atoms with van der Waals surface area (Å²) in [5, 5.41) is 14.6. The van der Waals surface area contributed by atoms with Crippen molar-refractivity contribution in [2.24, 2.45) is 5.92 Å². The lowest BCUT2D eigenvalue weighted by atomic mass is 9.97. The lowest BCUT2D eigenvalue weighted by molar-refractivity contribution is -0.117. The number of rotatable bonds is 4. The number of carboxylic acid groups (broad SMARTS) is 1. The Kier molecular flexibility index (Phi) is 4.62. The van der Waals surface area contributed by atoms with E-state index in [1.807, 2.05) is 13.0 Å². The number of nitrogens with one attached hydrogen (secondary N) is 2. The molecule has 3 aromatic rings. The Bertz CT molecular complexity index is 1160. The average molecular weight is 394 g/mol. The summed E-state index contributed by atoms with van der Waals surface area (Å²) < 4.78 is 14.1. The van der Waals surface area contributed by atoms with Gasteiger partial charge in [-0.05, 0) is 56.0 Å². The van der Waals surface area contributed by atoms with Crippen LogP contribution in [0.15, 0.2) is 30.5 Å². The third-order valence-electron chi connectivity index (χ3n) is 4.93. The van der Waals surface area contributed by atoms with Crippen LogP contribution in [0.25, 0.3) is 22.0 Å². The number of aryl methyl sites for hydroxylation is 2. The summed E-state index contributed by atoms with van der Waals surface area (Å²) in [6, 6.07) is 6.36. The molecular weight excluding hydrogens is 375 g/mol. The van der Waals surface area contributed by atoms with Gasteiger partial charge in [0, 0.05) is 34.8 Å². The molecule has 148 valence electrons. The number of nitrogens with zero attached hydrogens (tertiary/aromatic N) is 2. The van der Waals surface area contributed by atoms with Crippen molar-refractivity contribution >= 4 is 34.4 Å². The van der Waals surface area contributed by atoms with Gasteiger partial charge in [-0.2, -0.15) is 0 Å². The van der Waals surface area contributed by atoms with Crippen molar-refractivity contribution in [2.75, 3.05) is 10.6 Å². The van der Waals surface area contributed by atoms with Crippen LogP contribution in [-0.2, 0) is 4.79 Å². The predicted octanol–water partition coefficient (Wildman–Crippen LogP) is 4.49. The Morgan fingerprint density at radius 2 is 1.86 bits per heavy atom. The summed E-state index contributed by atoms with van der Waals surface area (Å²) in [7, 11) is 0. The lowest BCUT2D eigenvalue weighted by Gasteiger charge is -2.13. The minimum Gasteiger partial charge on any atom is -0.465 e. The minimum atomic E-state index is -1.34. The highest BCUT2D eigenvalue weighted by Gasteiger charge is 2.29. The fraction of sp³-hybridized carbons (Fsp3) is 0.238. The summed E-state index contributed by atoms with van der Waals surface area (Å²) in [5.41, 5.74) is 3.33. The van der Waals surface area contributed by atoms with Crippen LogP contribution in [0, 0.1) is 25.6 Å². The Balaban J connectivity index is 1.73. The summed E-state index contributed by atoms with van der Waals surface area (Å²) in [4.78, 5) is 31.8. The smallest absolute Gasteiger partial charge is 0.409 e. The topological polar surface area (TPSA) is 104 Å². The van der Waals surface area contributed by atoms with Gasteiger partial charge in [-0.3, -0.25) is 15.1 Å². The number of benzene rings is 1. The number of fused-ring (bicyclic) bond motifs is 1. The van der Waals surface area contributed by atoms with Gasteiger partial charge in [0.25, 0.3) is 0 Å². The molecule has 1 aromatic carbocycles. The number of pyridine rings is 2. The molecule has 1 fully saturated rings. The van der Waals surface area contributed by atoms with E-state index < -0.39 is 11.9 Å². The number of aromatic nitrogens is 2. The quantitative estimate of drug-likeness (QED) is 0.605. The number of carbonyl (C=O) groups excluding carboxylic acids is 1. The molecule has 0 radical (unpaired) electrons. The largest absolute Gasteiger partial charge is 0.465 e. The summed E-state index contributed by atoms with van der Waals surface area (Å²) in [6.45, 7) is 3.58. The maximum Gasteiger partial charge on any atom is 0.409 e. The van der Waals surface area contributed by atoms with E-state index in [0.29, 0.717) is 28.2 Å². The van der Waals surface area contributed by atoms with Gasteiger partial charge < -0.3 is 10.4 Å². The standard InChI is InChI=1S/C21H19FN4O3/c1-10-5-16(22)18(25-21(28)29)7-14(10)15-6-13-9-23-19(8-17(13)24-11(15)2)26-20(27)12-3-4-12/h5-9,12,25H,3-4H2,1-2H3,(H,28,29)(H,23,26,27). The number of carbonyl (C=O) groups is 2. The summed E-state index contributed by atoms with van der Waals surface area (Å²) in [6.07, 6.45) is 2.12. The molecule has 2 aromatic heterocycles. The maximum absolute atomic E-state index is 14.1. The van der Waals surface area contributed by atoms with E-state index in [4.69, 9.17) is 5.11 Å². The van der Waals surface area contributed by atoms with Crippen LogP contribution in [0.3, 0.4) is 0 Å². The van der Waals surface area contributed by atoms with Crippen LogP contribution in [0.1, 0.15) is 24.1 Å². The van der Waals surface area contributed by atoms with Crippen LogP contribution in [-0.4, -0.2) is 27.1 Å². The minimum absolute atomic E-state index is 0.0226. The van der Waals surface area contributed by atoms with Gasteiger partial charge in [0.2, 0.25) is 5.91 Å². The third-order valence-corrected chi connectivity index (χ3v) is 4.93. The van der Waals surface area contributed by atoms with Crippen LogP contribution in [0.2, 0.25) is 0 Å². The maximum atomic E-state index is 14.1. The van der Waals surface area contributed by atoms with E-state index >= 15 is 0 Å². The van der Waals surface area contributed by atoms with Gasteiger partial charge in [0.15, 0.2) is 0 Å². The molecular formula is C21H19FN4O3. The number of amides is 2. The first-order chi connectivity index (χ1) is 13.8. The van der Waals surface area contributed by atoms with Crippen molar-refractivity contribution in [1.29, 1.82) is 0 Å². The van der Waals surface area contributed by atoms with Crippen LogP contribution < -0.4 is 10.6 Å². The molecule has 0 bridgehead atoms. The second kappa shape index (κ2) is 7.12. The monoisotopic (exact) mass is 394 g/mol. The first-order valence-corrected chi connectivity index (χ1v) is 9.20. The van der Waals surface area contributed by atoms with E-state index in [2.05, 4.69) is 20.6 Å². The average Bonchev–Trinajstić information content (AvgIpc) is 3.48. The molecule has 1 saturated carbocycles. The summed E-state index contributed by atoms with van der Waals surface area (Å²) >= 11 is 0. The van der Waals surface area contributed by atoms with E-state index in [1.165, 1.54) is 12.1 Å². The first kappa shape index (κ1) is 18.8. The zero-order chi connectivity index (χ0) is 20.7. The Morgan fingerprint density at radius 3 is 2.55 bits per heavy atom.